The number of carbonyl (C=O) groups excluding carboxylic acids is 1. The average Bonchev–Trinajstić information content (AvgIpc) is 3.62. The van der Waals surface area contributed by atoms with Crippen LogP contribution in [0.1, 0.15) is 50.9 Å². The van der Waals surface area contributed by atoms with Crippen LogP contribution in [0.4, 0.5) is 13.2 Å². The summed E-state index contributed by atoms with van der Waals surface area (Å²) in [7, 11) is 0. The lowest BCUT2D eigenvalue weighted by Crippen LogP contribution is -2.48. The van der Waals surface area contributed by atoms with Crippen molar-refractivity contribution >= 4 is 33.9 Å². The van der Waals surface area contributed by atoms with Gasteiger partial charge in [-0.3, -0.25) is 9.69 Å². The smallest absolute Gasteiger partial charge is 0.416 e. The highest BCUT2D eigenvalue weighted by Gasteiger charge is 2.31. The number of amides is 1. The van der Waals surface area contributed by atoms with E-state index in [1.165, 1.54) is 23.5 Å². The van der Waals surface area contributed by atoms with E-state index in [0.717, 1.165) is 65.3 Å². The van der Waals surface area contributed by atoms with Crippen LogP contribution >= 0.6 is 11.3 Å². The molecule has 0 aliphatic carbocycles. The first-order valence-electron chi connectivity index (χ1n) is 16.3. The molecule has 7 nitrogen and oxygen atoms in total. The second-order valence-corrected chi connectivity index (χ2v) is 13.5. The van der Waals surface area contributed by atoms with Crippen molar-refractivity contribution in [3.63, 3.8) is 0 Å². The van der Waals surface area contributed by atoms with Crippen LogP contribution in [0.15, 0.2) is 100 Å². The van der Waals surface area contributed by atoms with Gasteiger partial charge in [-0.05, 0) is 48.2 Å². The maximum absolute atomic E-state index is 13.4. The van der Waals surface area contributed by atoms with Crippen LogP contribution < -0.4 is 5.63 Å². The summed E-state index contributed by atoms with van der Waals surface area (Å²) in [6.45, 7) is 8.77. The fourth-order valence-electron chi connectivity index (χ4n) is 6.69. The van der Waals surface area contributed by atoms with E-state index in [9.17, 15) is 22.8 Å². The van der Waals surface area contributed by atoms with Gasteiger partial charge in [0.25, 0.3) is 5.91 Å². The number of likely N-dealkylation sites (tertiary alicyclic amines) is 1. The molecule has 2 aliphatic rings. The molecule has 4 heterocycles. The summed E-state index contributed by atoms with van der Waals surface area (Å²) in [5, 5.41) is 3.71. The molecule has 2 aromatic heterocycles. The highest BCUT2D eigenvalue weighted by atomic mass is 32.1. The highest BCUT2D eigenvalue weighted by molar-refractivity contribution is 7.09. The van der Waals surface area contributed by atoms with Crippen LogP contribution in [0.3, 0.4) is 0 Å². The third-order valence-electron chi connectivity index (χ3n) is 9.50. The Balaban J connectivity index is 0.932. The second kappa shape index (κ2) is 13.6. The lowest BCUT2D eigenvalue weighted by Gasteiger charge is -2.35. The van der Waals surface area contributed by atoms with Gasteiger partial charge in [-0.1, -0.05) is 61.2 Å². The summed E-state index contributed by atoms with van der Waals surface area (Å²) in [5.41, 5.74) is 3.94. The fourth-order valence-corrected chi connectivity index (χ4v) is 7.66. The average molecular weight is 685 g/mol. The van der Waals surface area contributed by atoms with Crippen molar-refractivity contribution in [3.05, 3.63) is 129 Å². The quantitative estimate of drug-likeness (QED) is 0.164. The lowest BCUT2D eigenvalue weighted by atomic mass is 9.93. The molecule has 7 rings (SSSR count). The number of alkyl halides is 3. The summed E-state index contributed by atoms with van der Waals surface area (Å²) in [4.78, 5) is 36.9. The summed E-state index contributed by atoms with van der Waals surface area (Å²) >= 11 is 1.53. The molecule has 5 aromatic rings. The number of hydrogen-bond donors (Lipinski definition) is 0. The Kier molecular flexibility index (Phi) is 9.13. The van der Waals surface area contributed by atoms with E-state index in [4.69, 9.17) is 9.40 Å². The van der Waals surface area contributed by atoms with Gasteiger partial charge < -0.3 is 14.2 Å². The Labute approximate surface area is 285 Å². The van der Waals surface area contributed by atoms with Gasteiger partial charge in [-0.2, -0.15) is 13.2 Å². The first-order valence-corrected chi connectivity index (χ1v) is 17.2. The van der Waals surface area contributed by atoms with E-state index < -0.39 is 11.7 Å². The van der Waals surface area contributed by atoms with Crippen molar-refractivity contribution in [2.45, 2.75) is 31.5 Å². The SMILES string of the molecule is C=C(c1ccccc1-c1ccc(C(F)(F)F)cc1)N1CCC(c2nc(C(=O)N3CCN(Cc4cc5ccccc5oc4=O)CC3)cs2)CC1. The van der Waals surface area contributed by atoms with E-state index in [-0.39, 0.29) is 17.5 Å². The van der Waals surface area contributed by atoms with Gasteiger partial charge in [0, 0.05) is 73.8 Å². The van der Waals surface area contributed by atoms with Crippen molar-refractivity contribution in [1.82, 2.24) is 19.7 Å². The topological polar surface area (TPSA) is 69.9 Å². The number of aromatic nitrogens is 1. The van der Waals surface area contributed by atoms with Gasteiger partial charge in [0.05, 0.1) is 16.1 Å². The molecule has 0 unspecified atom stereocenters. The molecule has 0 saturated carbocycles. The van der Waals surface area contributed by atoms with Gasteiger partial charge >= 0.3 is 11.8 Å². The van der Waals surface area contributed by atoms with Gasteiger partial charge in [0.2, 0.25) is 0 Å². The summed E-state index contributed by atoms with van der Waals surface area (Å²) in [6, 6.07) is 22.3. The van der Waals surface area contributed by atoms with Crippen molar-refractivity contribution in [1.29, 1.82) is 0 Å². The molecule has 0 atom stereocenters. The predicted molar refractivity (Wildman–Crippen MR) is 185 cm³/mol. The van der Waals surface area contributed by atoms with Crippen LogP contribution in [0.5, 0.6) is 0 Å². The Morgan fingerprint density at radius 1 is 0.898 bits per heavy atom. The molecule has 0 N–H and O–H groups in total. The lowest BCUT2D eigenvalue weighted by molar-refractivity contribution is -0.137. The summed E-state index contributed by atoms with van der Waals surface area (Å²) in [6.07, 6.45) is -2.68. The zero-order valence-electron chi connectivity index (χ0n) is 26.8. The number of para-hydroxylation sites is 1. The number of piperazine rings is 1. The number of rotatable bonds is 7. The standard InChI is InChI=1S/C38H35F3N4O3S/c1-25(31-7-3-4-8-32(31)26-10-12-30(13-11-26)38(39,40)41)44-16-14-27(15-17-44)35-42-33(24-49-35)36(46)45-20-18-43(19-21-45)23-29-22-28-6-2-5-9-34(28)48-37(29)47/h2-13,22,24,27H,1,14-21,23H2. The van der Waals surface area contributed by atoms with Crippen LogP contribution in [0.25, 0.3) is 27.8 Å². The van der Waals surface area contributed by atoms with E-state index in [2.05, 4.69) is 16.4 Å². The Morgan fingerprint density at radius 3 is 2.33 bits per heavy atom. The first kappa shape index (κ1) is 32.8. The highest BCUT2D eigenvalue weighted by Crippen LogP contribution is 2.37. The number of hydrogen-bond acceptors (Lipinski definition) is 7. The van der Waals surface area contributed by atoms with Crippen LogP contribution in [0, 0.1) is 0 Å². The molecule has 11 heteroatoms. The summed E-state index contributed by atoms with van der Waals surface area (Å²) < 4.78 is 44.8. The maximum atomic E-state index is 13.4. The van der Waals surface area contributed by atoms with Gasteiger partial charge in [0.1, 0.15) is 11.3 Å². The number of piperidine rings is 1. The third-order valence-corrected chi connectivity index (χ3v) is 10.5. The van der Waals surface area contributed by atoms with Crippen molar-refractivity contribution in [3.8, 4) is 11.1 Å². The molecule has 3 aromatic carbocycles. The normalized spacial score (nSPS) is 16.3. The minimum absolute atomic E-state index is 0.0712. The van der Waals surface area contributed by atoms with Gasteiger partial charge in [-0.25, -0.2) is 9.78 Å². The van der Waals surface area contributed by atoms with Crippen LogP contribution in [-0.4, -0.2) is 64.9 Å². The minimum Gasteiger partial charge on any atom is -0.422 e. The molecule has 2 fully saturated rings. The first-order chi connectivity index (χ1) is 23.6. The Hall–Kier alpha value is -4.74. The van der Waals surface area contributed by atoms with E-state index >= 15 is 0 Å². The monoisotopic (exact) mass is 684 g/mol. The number of fused-ring (bicyclic) bond motifs is 1. The number of carbonyl (C=O) groups is 1. The molecule has 252 valence electrons. The number of thiazole rings is 1. The zero-order valence-corrected chi connectivity index (χ0v) is 27.6. The third kappa shape index (κ3) is 7.04. The molecular weight excluding hydrogens is 650 g/mol. The molecular formula is C38H35F3N4O3S. The molecule has 2 saturated heterocycles. The predicted octanol–water partition coefficient (Wildman–Crippen LogP) is 7.74. The number of nitrogens with zero attached hydrogens (tertiary/aromatic N) is 4. The minimum atomic E-state index is -4.38. The molecule has 0 bridgehead atoms. The molecule has 0 radical (unpaired) electrons. The Bertz CT molecular complexity index is 2040. The number of benzene rings is 3. The zero-order chi connectivity index (χ0) is 34.1. The molecule has 49 heavy (non-hydrogen) atoms. The van der Waals surface area contributed by atoms with Crippen molar-refractivity contribution < 1.29 is 22.4 Å². The van der Waals surface area contributed by atoms with E-state index in [1.807, 2.05) is 58.8 Å². The van der Waals surface area contributed by atoms with Crippen molar-refractivity contribution in [2.75, 3.05) is 39.3 Å². The van der Waals surface area contributed by atoms with E-state index in [1.54, 1.807) is 6.07 Å². The Morgan fingerprint density at radius 2 is 1.59 bits per heavy atom. The van der Waals surface area contributed by atoms with Crippen LogP contribution in [0.2, 0.25) is 0 Å². The second-order valence-electron chi connectivity index (χ2n) is 12.6. The van der Waals surface area contributed by atoms with E-state index in [0.29, 0.717) is 55.1 Å². The largest absolute Gasteiger partial charge is 0.422 e. The van der Waals surface area contributed by atoms with Gasteiger partial charge in [0.15, 0.2) is 0 Å². The molecule has 1 amide bonds. The number of halogens is 3. The molecule has 0 spiro atoms. The summed E-state index contributed by atoms with van der Waals surface area (Å²) in [5.74, 6) is 0.157. The maximum Gasteiger partial charge on any atom is 0.416 e. The van der Waals surface area contributed by atoms with Crippen LogP contribution in [-0.2, 0) is 12.7 Å². The van der Waals surface area contributed by atoms with Gasteiger partial charge in [-0.15, -0.1) is 11.3 Å². The van der Waals surface area contributed by atoms with Crippen molar-refractivity contribution in [2.24, 2.45) is 0 Å². The fraction of sp³-hybridized carbons (Fsp3) is 0.289. The molecule has 2 aliphatic heterocycles.